The van der Waals surface area contributed by atoms with Crippen molar-refractivity contribution in [3.05, 3.63) is 28.9 Å². The van der Waals surface area contributed by atoms with Gasteiger partial charge in [0, 0.05) is 38.6 Å². The van der Waals surface area contributed by atoms with E-state index < -0.39 is 5.91 Å². The first-order chi connectivity index (χ1) is 12.5. The lowest BCUT2D eigenvalue weighted by molar-refractivity contribution is -0.129. The van der Waals surface area contributed by atoms with Crippen molar-refractivity contribution >= 4 is 11.8 Å². The number of methoxy groups -OCH3 is 1. The van der Waals surface area contributed by atoms with Gasteiger partial charge in [0.2, 0.25) is 5.91 Å². The Kier molecular flexibility index (Phi) is 5.31. The topological polar surface area (TPSA) is 124 Å². The van der Waals surface area contributed by atoms with Gasteiger partial charge >= 0.3 is 0 Å². The van der Waals surface area contributed by atoms with Crippen molar-refractivity contribution in [3.8, 4) is 0 Å². The van der Waals surface area contributed by atoms with Gasteiger partial charge in [-0.05, 0) is 19.0 Å². The molecule has 26 heavy (non-hydrogen) atoms. The van der Waals surface area contributed by atoms with Crippen molar-refractivity contribution in [2.24, 2.45) is 5.92 Å². The summed E-state index contributed by atoms with van der Waals surface area (Å²) in [7, 11) is 1.62. The molecule has 3 heterocycles. The standard InChI is InChI=1S/C16H21N5O5/c1-9-4-12(25-18-9)5-11-7-21(8-13(11)24-3)14(22)6-17-16(23)15-10(2)19-26-20-15/h4,11,13H,5-8H2,1-3H3,(H,17,23)/t11-,13+/m1/s1. The number of hydrogen-bond donors (Lipinski definition) is 1. The second kappa shape index (κ2) is 7.65. The molecule has 2 aromatic heterocycles. The van der Waals surface area contributed by atoms with E-state index in [0.717, 1.165) is 11.5 Å². The first kappa shape index (κ1) is 18.1. The Hall–Kier alpha value is -2.75. The average molecular weight is 363 g/mol. The largest absolute Gasteiger partial charge is 0.379 e. The van der Waals surface area contributed by atoms with E-state index in [1.807, 2.05) is 13.0 Å². The van der Waals surface area contributed by atoms with Gasteiger partial charge in [-0.1, -0.05) is 10.3 Å². The maximum atomic E-state index is 12.4. The van der Waals surface area contributed by atoms with Crippen LogP contribution in [0, 0.1) is 19.8 Å². The smallest absolute Gasteiger partial charge is 0.275 e. The SMILES string of the molecule is CO[C@H]1CN(C(=O)CNC(=O)c2nonc2C)C[C@H]1Cc1cc(C)no1. The summed E-state index contributed by atoms with van der Waals surface area (Å²) in [5, 5.41) is 13.5. The summed E-state index contributed by atoms with van der Waals surface area (Å²) >= 11 is 0. The fourth-order valence-electron chi connectivity index (χ4n) is 3.07. The number of amides is 2. The number of rotatable bonds is 6. The van der Waals surface area contributed by atoms with Gasteiger partial charge in [-0.25, -0.2) is 4.63 Å². The Morgan fingerprint density at radius 3 is 2.73 bits per heavy atom. The highest BCUT2D eigenvalue weighted by Gasteiger charge is 2.36. The lowest BCUT2D eigenvalue weighted by Gasteiger charge is -2.16. The Bertz CT molecular complexity index is 786. The van der Waals surface area contributed by atoms with Crippen LogP contribution in [0.15, 0.2) is 15.2 Å². The third-order valence-corrected chi connectivity index (χ3v) is 4.44. The van der Waals surface area contributed by atoms with Crippen LogP contribution in [0.5, 0.6) is 0 Å². The molecule has 2 aromatic rings. The molecule has 2 amide bonds. The Morgan fingerprint density at radius 2 is 2.12 bits per heavy atom. The molecule has 2 atom stereocenters. The van der Waals surface area contributed by atoms with Crippen LogP contribution >= 0.6 is 0 Å². The minimum Gasteiger partial charge on any atom is -0.379 e. The first-order valence-electron chi connectivity index (χ1n) is 8.28. The molecule has 140 valence electrons. The predicted molar refractivity (Wildman–Crippen MR) is 87.2 cm³/mol. The molecule has 0 aliphatic carbocycles. The quantitative estimate of drug-likeness (QED) is 0.767. The number of hydrogen-bond acceptors (Lipinski definition) is 8. The van der Waals surface area contributed by atoms with E-state index in [1.165, 1.54) is 0 Å². The summed E-state index contributed by atoms with van der Waals surface area (Å²) in [5.41, 5.74) is 1.27. The van der Waals surface area contributed by atoms with Crippen LogP contribution in [0.1, 0.15) is 27.6 Å². The fraction of sp³-hybridized carbons (Fsp3) is 0.562. The highest BCUT2D eigenvalue weighted by molar-refractivity contribution is 5.95. The minimum atomic E-state index is -0.492. The van der Waals surface area contributed by atoms with E-state index >= 15 is 0 Å². The van der Waals surface area contributed by atoms with Crippen molar-refractivity contribution < 1.29 is 23.5 Å². The van der Waals surface area contributed by atoms with Crippen LogP contribution in [0.4, 0.5) is 0 Å². The van der Waals surface area contributed by atoms with Crippen molar-refractivity contribution in [3.63, 3.8) is 0 Å². The van der Waals surface area contributed by atoms with Crippen molar-refractivity contribution in [1.29, 1.82) is 0 Å². The molecule has 0 radical (unpaired) electrons. The molecule has 0 spiro atoms. The fourth-order valence-corrected chi connectivity index (χ4v) is 3.07. The number of carbonyl (C=O) groups is 2. The summed E-state index contributed by atoms with van der Waals surface area (Å²) < 4.78 is 15.3. The van der Waals surface area contributed by atoms with Crippen LogP contribution in [0.3, 0.4) is 0 Å². The number of aromatic nitrogens is 3. The van der Waals surface area contributed by atoms with Crippen LogP contribution in [-0.2, 0) is 16.0 Å². The minimum absolute atomic E-state index is 0.0764. The summed E-state index contributed by atoms with van der Waals surface area (Å²) in [5.74, 6) is 0.194. The molecule has 0 bridgehead atoms. The van der Waals surface area contributed by atoms with Gasteiger partial charge in [0.25, 0.3) is 5.91 Å². The number of ether oxygens (including phenoxy) is 1. The zero-order valence-corrected chi connectivity index (χ0v) is 14.9. The molecule has 1 aliphatic heterocycles. The number of aryl methyl sites for hydroxylation is 2. The maximum absolute atomic E-state index is 12.4. The van der Waals surface area contributed by atoms with Crippen LogP contribution in [-0.4, -0.2) is 65.0 Å². The molecule has 1 aliphatic rings. The second-order valence-electron chi connectivity index (χ2n) is 6.35. The van der Waals surface area contributed by atoms with Gasteiger partial charge in [0.05, 0.1) is 18.3 Å². The number of likely N-dealkylation sites (tertiary alicyclic amines) is 1. The van der Waals surface area contributed by atoms with E-state index in [0.29, 0.717) is 25.2 Å². The molecule has 0 unspecified atom stereocenters. The van der Waals surface area contributed by atoms with Crippen LogP contribution in [0.2, 0.25) is 0 Å². The average Bonchev–Trinajstić information content (AvgIpc) is 3.33. The molecule has 1 N–H and O–H groups in total. The number of nitrogens with one attached hydrogen (secondary N) is 1. The maximum Gasteiger partial charge on any atom is 0.275 e. The summed E-state index contributed by atoms with van der Waals surface area (Å²) in [6.07, 6.45) is 0.543. The highest BCUT2D eigenvalue weighted by Crippen LogP contribution is 2.24. The zero-order chi connectivity index (χ0) is 18.7. The highest BCUT2D eigenvalue weighted by atomic mass is 16.6. The summed E-state index contributed by atoms with van der Waals surface area (Å²) in [6.45, 7) is 4.33. The summed E-state index contributed by atoms with van der Waals surface area (Å²) in [4.78, 5) is 26.1. The van der Waals surface area contributed by atoms with Gasteiger partial charge < -0.3 is 19.5 Å². The third-order valence-electron chi connectivity index (χ3n) is 4.44. The first-order valence-corrected chi connectivity index (χ1v) is 8.28. The Balaban J connectivity index is 1.54. The zero-order valence-electron chi connectivity index (χ0n) is 14.9. The molecule has 0 saturated carbocycles. The Labute approximate surface area is 149 Å². The molecular formula is C16H21N5O5. The summed E-state index contributed by atoms with van der Waals surface area (Å²) in [6, 6.07) is 1.88. The van der Waals surface area contributed by atoms with Crippen LogP contribution < -0.4 is 5.32 Å². The Morgan fingerprint density at radius 1 is 1.31 bits per heavy atom. The van der Waals surface area contributed by atoms with E-state index in [1.54, 1.807) is 18.9 Å². The molecule has 0 aromatic carbocycles. The van der Waals surface area contributed by atoms with Crippen molar-refractivity contribution in [2.45, 2.75) is 26.4 Å². The van der Waals surface area contributed by atoms with Gasteiger partial charge in [0.15, 0.2) is 5.69 Å². The predicted octanol–water partition coefficient (Wildman–Crippen LogP) is 0.120. The molecule has 10 nitrogen and oxygen atoms in total. The molecule has 1 fully saturated rings. The van der Waals surface area contributed by atoms with E-state index in [4.69, 9.17) is 9.26 Å². The van der Waals surface area contributed by atoms with Gasteiger partial charge in [-0.3, -0.25) is 9.59 Å². The van der Waals surface area contributed by atoms with Gasteiger partial charge in [-0.2, -0.15) is 0 Å². The lowest BCUT2D eigenvalue weighted by Crippen LogP contribution is -2.39. The molecule has 3 rings (SSSR count). The van der Waals surface area contributed by atoms with Crippen molar-refractivity contribution in [2.75, 3.05) is 26.7 Å². The lowest BCUT2D eigenvalue weighted by atomic mass is 10.0. The number of carbonyl (C=O) groups excluding carboxylic acids is 2. The molecule has 1 saturated heterocycles. The third kappa shape index (κ3) is 3.90. The van der Waals surface area contributed by atoms with E-state index in [2.05, 4.69) is 25.4 Å². The van der Waals surface area contributed by atoms with E-state index in [9.17, 15) is 9.59 Å². The second-order valence-corrected chi connectivity index (χ2v) is 6.35. The number of nitrogens with zero attached hydrogens (tertiary/aromatic N) is 4. The molecule has 10 heteroatoms. The normalized spacial score (nSPS) is 19.7. The molecular weight excluding hydrogens is 342 g/mol. The van der Waals surface area contributed by atoms with Crippen molar-refractivity contribution in [1.82, 2.24) is 25.7 Å². The van der Waals surface area contributed by atoms with E-state index in [-0.39, 0.29) is 30.2 Å². The van der Waals surface area contributed by atoms with Gasteiger partial charge in [0.1, 0.15) is 11.5 Å². The monoisotopic (exact) mass is 363 g/mol. The van der Waals surface area contributed by atoms with Crippen LogP contribution in [0.25, 0.3) is 0 Å². The van der Waals surface area contributed by atoms with Gasteiger partial charge in [-0.15, -0.1) is 0 Å².